The maximum atomic E-state index is 12.6. The Bertz CT molecular complexity index is 784. The lowest BCUT2D eigenvalue weighted by Crippen LogP contribution is -2.04. The molecule has 0 fully saturated rings. The van der Waals surface area contributed by atoms with Crippen LogP contribution in [0, 0.1) is 6.92 Å². The summed E-state index contributed by atoms with van der Waals surface area (Å²) in [5.41, 5.74) is 3.04. The van der Waals surface area contributed by atoms with Crippen molar-refractivity contribution in [2.24, 2.45) is 0 Å². The minimum atomic E-state index is -0.240. The number of ketones is 1. The fourth-order valence-corrected chi connectivity index (χ4v) is 2.85. The second-order valence-corrected chi connectivity index (χ2v) is 5.76. The van der Waals surface area contributed by atoms with E-state index >= 15 is 0 Å². The number of nitrogens with one attached hydrogen (secondary N) is 1. The van der Waals surface area contributed by atoms with Crippen molar-refractivity contribution in [2.75, 3.05) is 5.32 Å². The average Bonchev–Trinajstić information content (AvgIpc) is 2.79. The van der Waals surface area contributed by atoms with Crippen molar-refractivity contribution in [2.45, 2.75) is 13.3 Å². The number of fused-ring (bicyclic) bond motifs is 1. The van der Waals surface area contributed by atoms with Gasteiger partial charge in [0.05, 0.1) is 16.5 Å². The Morgan fingerprint density at radius 1 is 1.19 bits per heavy atom. The number of halogens is 2. The average molecular weight is 320 g/mol. The van der Waals surface area contributed by atoms with Gasteiger partial charge in [-0.1, -0.05) is 35.3 Å². The third-order valence-corrected chi connectivity index (χ3v) is 4.31. The van der Waals surface area contributed by atoms with E-state index in [1.807, 2.05) is 13.0 Å². The minimum Gasteiger partial charge on any atom is -0.325 e. The molecule has 1 aliphatic heterocycles. The first-order valence-electron chi connectivity index (χ1n) is 6.39. The Labute approximate surface area is 131 Å². The molecule has 0 spiro atoms. The van der Waals surface area contributed by atoms with E-state index in [9.17, 15) is 9.59 Å². The molecule has 1 heterocycles. The highest BCUT2D eigenvalue weighted by Gasteiger charge is 2.23. The summed E-state index contributed by atoms with van der Waals surface area (Å²) < 4.78 is 0. The molecular weight excluding hydrogens is 309 g/mol. The van der Waals surface area contributed by atoms with Crippen LogP contribution in [0.1, 0.15) is 27.0 Å². The summed E-state index contributed by atoms with van der Waals surface area (Å²) in [5, 5.41) is 3.43. The number of rotatable bonds is 2. The first-order chi connectivity index (χ1) is 9.97. The third kappa shape index (κ3) is 2.43. The van der Waals surface area contributed by atoms with Crippen LogP contribution in [0.15, 0.2) is 30.3 Å². The van der Waals surface area contributed by atoms with E-state index in [2.05, 4.69) is 5.32 Å². The number of hydrogen-bond donors (Lipinski definition) is 1. The molecule has 2 aromatic carbocycles. The lowest BCUT2D eigenvalue weighted by atomic mass is 9.99. The molecule has 21 heavy (non-hydrogen) atoms. The molecule has 0 unspecified atom stereocenters. The number of anilines is 1. The Kier molecular flexibility index (Phi) is 3.47. The largest absolute Gasteiger partial charge is 0.325 e. The topological polar surface area (TPSA) is 46.2 Å². The molecule has 0 atom stereocenters. The van der Waals surface area contributed by atoms with Gasteiger partial charge in [-0.25, -0.2) is 0 Å². The van der Waals surface area contributed by atoms with Crippen LogP contribution in [0.3, 0.4) is 0 Å². The molecule has 3 rings (SSSR count). The van der Waals surface area contributed by atoms with E-state index in [4.69, 9.17) is 23.2 Å². The summed E-state index contributed by atoms with van der Waals surface area (Å²) >= 11 is 12.4. The van der Waals surface area contributed by atoms with E-state index in [0.717, 1.165) is 11.1 Å². The molecule has 0 saturated carbocycles. The standard InChI is InChI=1S/C16H11Cl2NO2/c1-8-3-2-4-10(15(8)18)16(21)11-5-9-6-14(20)19-13(9)7-12(11)17/h2-5,7H,6H2,1H3,(H,19,20). The van der Waals surface area contributed by atoms with Gasteiger partial charge in [0.25, 0.3) is 0 Å². The molecule has 3 nitrogen and oxygen atoms in total. The smallest absolute Gasteiger partial charge is 0.228 e. The molecular formula is C16H11Cl2NO2. The van der Waals surface area contributed by atoms with E-state index in [0.29, 0.717) is 26.9 Å². The lowest BCUT2D eigenvalue weighted by molar-refractivity contribution is -0.115. The molecule has 0 radical (unpaired) electrons. The molecule has 106 valence electrons. The van der Waals surface area contributed by atoms with Gasteiger partial charge in [0.1, 0.15) is 0 Å². The maximum Gasteiger partial charge on any atom is 0.228 e. The number of carbonyl (C=O) groups excluding carboxylic acids is 2. The Hall–Kier alpha value is -1.84. The van der Waals surface area contributed by atoms with Crippen LogP contribution in [0.2, 0.25) is 10.0 Å². The minimum absolute atomic E-state index is 0.0979. The van der Waals surface area contributed by atoms with Gasteiger partial charge in [0.2, 0.25) is 5.91 Å². The van der Waals surface area contributed by atoms with E-state index in [1.165, 1.54) is 0 Å². The summed E-state index contributed by atoms with van der Waals surface area (Å²) in [4.78, 5) is 24.0. The highest BCUT2D eigenvalue weighted by molar-refractivity contribution is 6.38. The zero-order valence-electron chi connectivity index (χ0n) is 11.2. The summed E-state index contributed by atoms with van der Waals surface area (Å²) in [6, 6.07) is 8.56. The fourth-order valence-electron chi connectivity index (χ4n) is 2.39. The van der Waals surface area contributed by atoms with Gasteiger partial charge in [-0.15, -0.1) is 0 Å². The van der Waals surface area contributed by atoms with E-state index in [1.54, 1.807) is 24.3 Å². The lowest BCUT2D eigenvalue weighted by Gasteiger charge is -2.09. The number of aryl methyl sites for hydroxylation is 1. The van der Waals surface area contributed by atoms with Crippen LogP contribution in [-0.2, 0) is 11.2 Å². The number of hydrogen-bond acceptors (Lipinski definition) is 2. The molecule has 1 amide bonds. The van der Waals surface area contributed by atoms with E-state index < -0.39 is 0 Å². The zero-order valence-corrected chi connectivity index (χ0v) is 12.7. The Balaban J connectivity index is 2.09. The summed E-state index contributed by atoms with van der Waals surface area (Å²) in [7, 11) is 0. The van der Waals surface area contributed by atoms with Crippen molar-refractivity contribution in [1.82, 2.24) is 0 Å². The monoisotopic (exact) mass is 319 g/mol. The zero-order chi connectivity index (χ0) is 15.1. The van der Waals surface area contributed by atoms with Crippen molar-refractivity contribution < 1.29 is 9.59 Å². The van der Waals surface area contributed by atoms with Gasteiger partial charge in [0.15, 0.2) is 5.78 Å². The summed E-state index contributed by atoms with van der Waals surface area (Å²) in [6.45, 7) is 1.84. The molecule has 5 heteroatoms. The van der Waals surface area contributed by atoms with Gasteiger partial charge in [-0.05, 0) is 36.2 Å². The molecule has 0 saturated heterocycles. The Morgan fingerprint density at radius 2 is 1.95 bits per heavy atom. The Morgan fingerprint density at radius 3 is 2.71 bits per heavy atom. The van der Waals surface area contributed by atoms with Crippen LogP contribution in [0.25, 0.3) is 0 Å². The van der Waals surface area contributed by atoms with Crippen LogP contribution < -0.4 is 5.32 Å². The number of amides is 1. The highest BCUT2D eigenvalue weighted by atomic mass is 35.5. The predicted molar refractivity (Wildman–Crippen MR) is 83.4 cm³/mol. The number of carbonyl (C=O) groups is 2. The van der Waals surface area contributed by atoms with Gasteiger partial charge in [-0.2, -0.15) is 0 Å². The second kappa shape index (κ2) is 5.17. The van der Waals surface area contributed by atoms with Crippen molar-refractivity contribution >= 4 is 40.6 Å². The van der Waals surface area contributed by atoms with Crippen LogP contribution in [0.4, 0.5) is 5.69 Å². The molecule has 2 aromatic rings. The molecule has 0 aliphatic carbocycles. The van der Waals surface area contributed by atoms with Gasteiger partial charge >= 0.3 is 0 Å². The van der Waals surface area contributed by atoms with Crippen LogP contribution in [-0.4, -0.2) is 11.7 Å². The third-order valence-electron chi connectivity index (χ3n) is 3.50. The summed E-state index contributed by atoms with van der Waals surface area (Å²) in [6.07, 6.45) is 0.258. The first-order valence-corrected chi connectivity index (χ1v) is 7.15. The van der Waals surface area contributed by atoms with Gasteiger partial charge < -0.3 is 5.32 Å². The molecule has 1 aliphatic rings. The van der Waals surface area contributed by atoms with Crippen molar-refractivity contribution in [3.63, 3.8) is 0 Å². The maximum absolute atomic E-state index is 12.6. The predicted octanol–water partition coefficient (Wildman–Crippen LogP) is 4.03. The van der Waals surface area contributed by atoms with E-state index in [-0.39, 0.29) is 18.1 Å². The van der Waals surface area contributed by atoms with Gasteiger partial charge in [-0.3, -0.25) is 9.59 Å². The quantitative estimate of drug-likeness (QED) is 0.849. The number of benzene rings is 2. The van der Waals surface area contributed by atoms with Crippen LogP contribution in [0.5, 0.6) is 0 Å². The molecule has 0 aromatic heterocycles. The van der Waals surface area contributed by atoms with Crippen molar-refractivity contribution in [3.05, 3.63) is 62.6 Å². The van der Waals surface area contributed by atoms with Gasteiger partial charge in [0, 0.05) is 16.8 Å². The molecule has 1 N–H and O–H groups in total. The molecule has 0 bridgehead atoms. The van der Waals surface area contributed by atoms with Crippen LogP contribution >= 0.6 is 23.2 Å². The normalized spacial score (nSPS) is 13.0. The highest BCUT2D eigenvalue weighted by Crippen LogP contribution is 2.32. The van der Waals surface area contributed by atoms with Crippen molar-refractivity contribution in [1.29, 1.82) is 0 Å². The second-order valence-electron chi connectivity index (χ2n) is 4.98. The summed E-state index contributed by atoms with van der Waals surface area (Å²) in [5.74, 6) is -0.338. The fraction of sp³-hybridized carbons (Fsp3) is 0.125. The van der Waals surface area contributed by atoms with Crippen molar-refractivity contribution in [3.8, 4) is 0 Å². The first kappa shape index (κ1) is 14.1. The SMILES string of the molecule is Cc1cccc(C(=O)c2cc3c(cc2Cl)NC(=O)C3)c1Cl.